The molecule has 3 N–H and O–H groups in total. The first-order valence-electron chi connectivity index (χ1n) is 8.34. The highest BCUT2D eigenvalue weighted by atomic mass is 19.1. The van der Waals surface area contributed by atoms with E-state index in [1.807, 2.05) is 6.07 Å². The zero-order valence-corrected chi connectivity index (χ0v) is 14.1. The van der Waals surface area contributed by atoms with Crippen molar-refractivity contribution < 1.29 is 24.2 Å². The third kappa shape index (κ3) is 4.40. The molecule has 2 heterocycles. The van der Waals surface area contributed by atoms with Crippen molar-refractivity contribution in [3.63, 3.8) is 0 Å². The number of nitrogens with one attached hydrogen (secondary N) is 1. The van der Waals surface area contributed by atoms with Gasteiger partial charge in [0.05, 0.1) is 0 Å². The number of amides is 1. The molecule has 2 aromatic rings. The van der Waals surface area contributed by atoms with Gasteiger partial charge >= 0.3 is 6.09 Å². The lowest BCUT2D eigenvalue weighted by Crippen LogP contribution is -2.38. The first-order chi connectivity index (χ1) is 12.5. The van der Waals surface area contributed by atoms with Gasteiger partial charge in [0.25, 0.3) is 0 Å². The highest BCUT2D eigenvalue weighted by Crippen LogP contribution is 2.36. The molecular weight excluding hydrogens is 341 g/mol. The normalized spacial score (nSPS) is 15.6. The molecule has 1 saturated heterocycles. The van der Waals surface area contributed by atoms with E-state index < -0.39 is 17.7 Å². The quantitative estimate of drug-likeness (QED) is 0.775. The van der Waals surface area contributed by atoms with Crippen LogP contribution in [0.1, 0.15) is 29.9 Å². The number of piperidine rings is 1. The van der Waals surface area contributed by atoms with Crippen molar-refractivity contribution in [2.45, 2.75) is 25.3 Å². The second-order valence-electron chi connectivity index (χ2n) is 6.16. The summed E-state index contributed by atoms with van der Waals surface area (Å²) in [5, 5.41) is 23.4. The van der Waals surface area contributed by atoms with E-state index >= 15 is 0 Å². The Balaban J connectivity index is 1.48. The predicted molar refractivity (Wildman–Crippen MR) is 90.8 cm³/mol. The number of rotatable bonds is 4. The van der Waals surface area contributed by atoms with Crippen molar-refractivity contribution in [2.75, 3.05) is 13.1 Å². The number of halogens is 1. The molecule has 1 fully saturated rings. The van der Waals surface area contributed by atoms with Crippen LogP contribution in [0.3, 0.4) is 0 Å². The molecule has 0 saturated carbocycles. The van der Waals surface area contributed by atoms with Gasteiger partial charge in [-0.1, -0.05) is 6.07 Å². The van der Waals surface area contributed by atoms with Gasteiger partial charge in [0.15, 0.2) is 11.6 Å². The number of pyridine rings is 1. The van der Waals surface area contributed by atoms with Crippen LogP contribution in [0, 0.1) is 5.82 Å². The Morgan fingerprint density at radius 3 is 2.77 bits per heavy atom. The number of hydroxylamine groups is 2. The maximum absolute atomic E-state index is 13.5. The summed E-state index contributed by atoms with van der Waals surface area (Å²) in [5.74, 6) is -1.52. The Morgan fingerprint density at radius 1 is 1.31 bits per heavy atom. The van der Waals surface area contributed by atoms with Crippen LogP contribution < -0.4 is 5.32 Å². The van der Waals surface area contributed by atoms with Gasteiger partial charge in [-0.2, -0.15) is 0 Å². The fraction of sp³-hybridized carbons (Fsp3) is 0.333. The van der Waals surface area contributed by atoms with Crippen LogP contribution in [0.15, 0.2) is 36.7 Å². The molecule has 7 nitrogen and oxygen atoms in total. The van der Waals surface area contributed by atoms with E-state index in [0.29, 0.717) is 38.0 Å². The van der Waals surface area contributed by atoms with Gasteiger partial charge in [0, 0.05) is 43.7 Å². The molecule has 1 aliphatic heterocycles. The molecule has 3 rings (SSSR count). The maximum atomic E-state index is 13.5. The maximum Gasteiger partial charge on any atom is 0.426 e. The summed E-state index contributed by atoms with van der Waals surface area (Å²) in [6.45, 7) is 1.25. The van der Waals surface area contributed by atoms with Crippen molar-refractivity contribution in [1.82, 2.24) is 15.4 Å². The average molecular weight is 361 g/mol. The molecule has 1 aliphatic rings. The molecule has 8 heteroatoms. The smallest absolute Gasteiger partial charge is 0.426 e. The third-order valence-corrected chi connectivity index (χ3v) is 4.36. The number of hydrogen-bond acceptors (Lipinski definition) is 6. The van der Waals surface area contributed by atoms with E-state index in [0.717, 1.165) is 17.7 Å². The summed E-state index contributed by atoms with van der Waals surface area (Å²) >= 11 is 0. The van der Waals surface area contributed by atoms with E-state index in [1.165, 1.54) is 0 Å². The fourth-order valence-corrected chi connectivity index (χ4v) is 2.98. The van der Waals surface area contributed by atoms with Crippen LogP contribution in [0.4, 0.5) is 9.18 Å². The summed E-state index contributed by atoms with van der Waals surface area (Å²) in [5.41, 5.74) is 1.33. The third-order valence-electron chi connectivity index (χ3n) is 4.36. The minimum absolute atomic E-state index is 0.0663. The van der Waals surface area contributed by atoms with Crippen LogP contribution in [0.5, 0.6) is 11.5 Å². The lowest BCUT2D eigenvalue weighted by molar-refractivity contribution is -0.113. The van der Waals surface area contributed by atoms with Crippen molar-refractivity contribution in [2.24, 2.45) is 0 Å². The summed E-state index contributed by atoms with van der Waals surface area (Å²) in [6.07, 6.45) is 3.95. The number of phenols is 2. The summed E-state index contributed by atoms with van der Waals surface area (Å²) in [6, 6.07) is 5.81. The second-order valence-corrected chi connectivity index (χ2v) is 6.16. The topological polar surface area (TPSA) is 94.9 Å². The monoisotopic (exact) mass is 361 g/mol. The van der Waals surface area contributed by atoms with Crippen molar-refractivity contribution in [3.05, 3.63) is 53.6 Å². The Labute approximate surface area is 150 Å². The number of aromatic hydroxyl groups is 2. The highest BCUT2D eigenvalue weighted by molar-refractivity contribution is 5.66. The molecule has 1 aromatic heterocycles. The second kappa shape index (κ2) is 8.01. The van der Waals surface area contributed by atoms with Crippen LogP contribution >= 0.6 is 0 Å². The molecule has 1 aromatic carbocycles. The minimum atomic E-state index is -0.758. The predicted octanol–water partition coefficient (Wildman–Crippen LogP) is 2.65. The van der Waals surface area contributed by atoms with Crippen LogP contribution in [0.2, 0.25) is 0 Å². The Bertz CT molecular complexity index is 765. The molecule has 0 atom stereocenters. The molecule has 0 radical (unpaired) electrons. The number of aromatic nitrogens is 1. The summed E-state index contributed by atoms with van der Waals surface area (Å²) in [7, 11) is 0. The number of carbonyl (C=O) groups excluding carboxylic acids is 1. The highest BCUT2D eigenvalue weighted by Gasteiger charge is 2.26. The molecule has 0 spiro atoms. The summed E-state index contributed by atoms with van der Waals surface area (Å²) in [4.78, 5) is 21.1. The fourth-order valence-electron chi connectivity index (χ4n) is 2.98. The van der Waals surface area contributed by atoms with Gasteiger partial charge in [-0.05, 0) is 36.5 Å². The number of hydrogen-bond donors (Lipinski definition) is 3. The summed E-state index contributed by atoms with van der Waals surface area (Å²) < 4.78 is 13.5. The van der Waals surface area contributed by atoms with Crippen LogP contribution in [0.25, 0.3) is 0 Å². The van der Waals surface area contributed by atoms with E-state index in [1.54, 1.807) is 23.5 Å². The first-order valence-corrected chi connectivity index (χ1v) is 8.34. The number of benzene rings is 1. The lowest BCUT2D eigenvalue weighted by Gasteiger charge is -2.30. The number of nitrogens with zero attached hydrogens (tertiary/aromatic N) is 2. The molecule has 0 aliphatic carbocycles. The van der Waals surface area contributed by atoms with Crippen LogP contribution in [-0.2, 0) is 11.4 Å². The Morgan fingerprint density at radius 2 is 2.08 bits per heavy atom. The Hall–Kier alpha value is -2.87. The van der Waals surface area contributed by atoms with Gasteiger partial charge in [-0.25, -0.2) is 9.18 Å². The van der Waals surface area contributed by atoms with Gasteiger partial charge in [-0.3, -0.25) is 4.98 Å². The van der Waals surface area contributed by atoms with Gasteiger partial charge < -0.3 is 20.4 Å². The number of phenolic OH excluding ortho intramolecular Hbond substituents is 2. The minimum Gasteiger partial charge on any atom is -0.508 e. The zero-order chi connectivity index (χ0) is 18.5. The lowest BCUT2D eigenvalue weighted by atomic mass is 9.89. The van der Waals surface area contributed by atoms with E-state index in [9.17, 15) is 19.4 Å². The molecule has 0 bridgehead atoms. The van der Waals surface area contributed by atoms with Crippen molar-refractivity contribution >= 4 is 6.09 Å². The van der Waals surface area contributed by atoms with Crippen molar-refractivity contribution in [1.29, 1.82) is 0 Å². The SMILES string of the molecule is O=C(NCc1cccnc1)ON1CCC(c2cc(F)c(O)cc2O)CC1. The van der Waals surface area contributed by atoms with Crippen LogP contribution in [-0.4, -0.2) is 39.4 Å². The molecule has 138 valence electrons. The van der Waals surface area contributed by atoms with Crippen molar-refractivity contribution in [3.8, 4) is 11.5 Å². The van der Waals surface area contributed by atoms with Gasteiger partial charge in [0.2, 0.25) is 0 Å². The molecular formula is C18H20FN3O4. The van der Waals surface area contributed by atoms with E-state index in [2.05, 4.69) is 10.3 Å². The Kier molecular flexibility index (Phi) is 5.52. The standard InChI is InChI=1S/C18H20FN3O4/c19-15-8-14(16(23)9-17(15)24)13-3-6-22(7-4-13)26-18(25)21-11-12-2-1-5-20-10-12/h1-2,5,8-10,13,23-24H,3-4,6-7,11H2,(H,21,25). The van der Waals surface area contributed by atoms with Gasteiger partial charge in [-0.15, -0.1) is 5.06 Å². The first kappa shape index (κ1) is 17.9. The van der Waals surface area contributed by atoms with Gasteiger partial charge in [0.1, 0.15) is 5.75 Å². The van der Waals surface area contributed by atoms with E-state index in [4.69, 9.17) is 4.84 Å². The number of carbonyl (C=O) groups is 1. The average Bonchev–Trinajstić information content (AvgIpc) is 2.65. The zero-order valence-electron chi connectivity index (χ0n) is 14.1. The molecule has 0 unspecified atom stereocenters. The molecule has 26 heavy (non-hydrogen) atoms. The molecule has 1 amide bonds. The van der Waals surface area contributed by atoms with E-state index in [-0.39, 0.29) is 11.7 Å². The largest absolute Gasteiger partial charge is 0.508 e.